The zero-order chi connectivity index (χ0) is 15.8. The Morgan fingerprint density at radius 3 is 2.62 bits per heavy atom. The van der Waals surface area contributed by atoms with E-state index in [1.54, 1.807) is 37.9 Å². The lowest BCUT2D eigenvalue weighted by atomic mass is 9.96. The normalized spacial score (nSPS) is 17.8. The van der Waals surface area contributed by atoms with E-state index in [2.05, 4.69) is 0 Å². The van der Waals surface area contributed by atoms with Crippen LogP contribution in [0.4, 0.5) is 0 Å². The Bertz CT molecular complexity index is 583. The Kier molecular flexibility index (Phi) is 3.80. The molecule has 114 valence electrons. The van der Waals surface area contributed by atoms with E-state index in [0.29, 0.717) is 13.1 Å². The van der Waals surface area contributed by atoms with Crippen LogP contribution in [-0.2, 0) is 4.79 Å². The second-order valence-corrected chi connectivity index (χ2v) is 5.60. The first-order valence-electron chi connectivity index (χ1n) is 6.74. The Balaban J connectivity index is 2.38. The van der Waals surface area contributed by atoms with Crippen LogP contribution in [0.25, 0.3) is 0 Å². The second kappa shape index (κ2) is 5.27. The maximum absolute atomic E-state index is 12.7. The zero-order valence-electron chi connectivity index (χ0n) is 12.7. The molecule has 6 heteroatoms. The van der Waals surface area contributed by atoms with Crippen molar-refractivity contribution in [2.24, 2.45) is 0 Å². The van der Waals surface area contributed by atoms with Crippen LogP contribution in [0.15, 0.2) is 18.2 Å². The molecule has 1 N–H and O–H groups in total. The second-order valence-electron chi connectivity index (χ2n) is 5.60. The van der Waals surface area contributed by atoms with Crippen LogP contribution in [0.5, 0.6) is 11.5 Å². The van der Waals surface area contributed by atoms with Gasteiger partial charge in [-0.3, -0.25) is 9.59 Å². The summed E-state index contributed by atoms with van der Waals surface area (Å²) in [6.45, 7) is 4.31. The molecule has 0 unspecified atom stereocenters. The number of hydrogen-bond donors (Lipinski definition) is 1. The lowest BCUT2D eigenvalue weighted by molar-refractivity contribution is -0.144. The number of amides is 2. The van der Waals surface area contributed by atoms with E-state index < -0.39 is 5.54 Å². The molecule has 1 heterocycles. The molecule has 1 saturated heterocycles. The molecule has 1 aromatic rings. The molecule has 6 nitrogen and oxygen atoms in total. The van der Waals surface area contributed by atoms with E-state index in [-0.39, 0.29) is 28.9 Å². The summed E-state index contributed by atoms with van der Waals surface area (Å²) in [7, 11) is 3.14. The van der Waals surface area contributed by atoms with Crippen LogP contribution in [-0.4, -0.2) is 59.5 Å². The SMILES string of the molecule is COc1cccc(C(=O)N2CCN(C)C(=O)C2(C)C)c1O. The number of aromatic hydroxyl groups is 1. The van der Waals surface area contributed by atoms with Crippen molar-refractivity contribution in [1.29, 1.82) is 0 Å². The van der Waals surface area contributed by atoms with Crippen LogP contribution < -0.4 is 4.74 Å². The first-order chi connectivity index (χ1) is 9.80. The van der Waals surface area contributed by atoms with Crippen LogP contribution in [0, 0.1) is 0 Å². The van der Waals surface area contributed by atoms with Gasteiger partial charge in [-0.05, 0) is 26.0 Å². The third-order valence-electron chi connectivity index (χ3n) is 3.90. The number of rotatable bonds is 2. The summed E-state index contributed by atoms with van der Waals surface area (Å²) in [5.74, 6) is -0.464. The quantitative estimate of drug-likeness (QED) is 0.886. The smallest absolute Gasteiger partial charge is 0.258 e. The van der Waals surface area contributed by atoms with Gasteiger partial charge in [-0.1, -0.05) is 6.07 Å². The van der Waals surface area contributed by atoms with Crippen LogP contribution >= 0.6 is 0 Å². The molecule has 0 saturated carbocycles. The Hall–Kier alpha value is -2.24. The number of nitrogens with zero attached hydrogens (tertiary/aromatic N) is 2. The lowest BCUT2D eigenvalue weighted by Gasteiger charge is -2.44. The number of para-hydroxylation sites is 1. The molecule has 1 fully saturated rings. The largest absolute Gasteiger partial charge is 0.504 e. The number of carbonyl (C=O) groups excluding carboxylic acids is 2. The Morgan fingerprint density at radius 1 is 1.33 bits per heavy atom. The summed E-state index contributed by atoms with van der Waals surface area (Å²) in [6, 6.07) is 4.74. The van der Waals surface area contributed by atoms with Gasteiger partial charge in [-0.15, -0.1) is 0 Å². The number of phenolic OH excluding ortho intramolecular Hbond substituents is 1. The molecule has 0 radical (unpaired) electrons. The van der Waals surface area contributed by atoms with Crippen molar-refractivity contribution in [3.8, 4) is 11.5 Å². The van der Waals surface area contributed by atoms with Gasteiger partial charge in [0.05, 0.1) is 12.7 Å². The van der Waals surface area contributed by atoms with Gasteiger partial charge in [0.15, 0.2) is 11.5 Å². The monoisotopic (exact) mass is 292 g/mol. The standard InChI is InChI=1S/C15H20N2O4/c1-15(2)14(20)16(3)8-9-17(15)13(19)10-6-5-7-11(21-4)12(10)18/h5-7,18H,8-9H2,1-4H3. The van der Waals surface area contributed by atoms with Crippen LogP contribution in [0.3, 0.4) is 0 Å². The summed E-state index contributed by atoms with van der Waals surface area (Å²) in [4.78, 5) is 28.0. The van der Waals surface area contributed by atoms with E-state index in [9.17, 15) is 14.7 Å². The van der Waals surface area contributed by atoms with Crippen molar-refractivity contribution in [1.82, 2.24) is 9.80 Å². The molecule has 0 aromatic heterocycles. The van der Waals surface area contributed by atoms with Gasteiger partial charge in [0.2, 0.25) is 5.91 Å². The number of likely N-dealkylation sites (N-methyl/N-ethyl adjacent to an activating group) is 1. The third kappa shape index (κ3) is 2.41. The van der Waals surface area contributed by atoms with Crippen molar-refractivity contribution in [2.75, 3.05) is 27.2 Å². The molecule has 21 heavy (non-hydrogen) atoms. The minimum Gasteiger partial charge on any atom is -0.504 e. The van der Waals surface area contributed by atoms with Gasteiger partial charge in [0.25, 0.3) is 5.91 Å². The highest BCUT2D eigenvalue weighted by molar-refractivity contribution is 6.01. The highest BCUT2D eigenvalue weighted by Gasteiger charge is 2.43. The maximum atomic E-state index is 12.7. The number of benzene rings is 1. The van der Waals surface area contributed by atoms with E-state index >= 15 is 0 Å². The number of piperazine rings is 1. The predicted molar refractivity (Wildman–Crippen MR) is 77.4 cm³/mol. The van der Waals surface area contributed by atoms with Gasteiger partial charge in [0.1, 0.15) is 5.54 Å². The van der Waals surface area contributed by atoms with Crippen molar-refractivity contribution in [3.63, 3.8) is 0 Å². The highest BCUT2D eigenvalue weighted by atomic mass is 16.5. The third-order valence-corrected chi connectivity index (χ3v) is 3.90. The van der Waals surface area contributed by atoms with Gasteiger partial charge in [-0.25, -0.2) is 0 Å². The molecule has 1 aliphatic rings. The lowest BCUT2D eigenvalue weighted by Crippen LogP contribution is -2.63. The van der Waals surface area contributed by atoms with E-state index in [4.69, 9.17) is 4.74 Å². The fourth-order valence-electron chi connectivity index (χ4n) is 2.57. The predicted octanol–water partition coefficient (Wildman–Crippen LogP) is 1.09. The molecular formula is C15H20N2O4. The molecule has 1 aliphatic heterocycles. The average Bonchev–Trinajstić information content (AvgIpc) is 2.44. The first-order valence-corrected chi connectivity index (χ1v) is 6.74. The summed E-state index contributed by atoms with van der Waals surface area (Å²) in [5.41, 5.74) is -0.806. The van der Waals surface area contributed by atoms with Crippen molar-refractivity contribution < 1.29 is 19.4 Å². The molecular weight excluding hydrogens is 272 g/mol. The number of carbonyl (C=O) groups is 2. The highest BCUT2D eigenvalue weighted by Crippen LogP contribution is 2.32. The van der Waals surface area contributed by atoms with E-state index in [1.165, 1.54) is 18.1 Å². The van der Waals surface area contributed by atoms with Crippen LogP contribution in [0.2, 0.25) is 0 Å². The van der Waals surface area contributed by atoms with Gasteiger partial charge < -0.3 is 19.6 Å². The summed E-state index contributed by atoms with van der Waals surface area (Å²) < 4.78 is 5.02. The molecule has 0 aliphatic carbocycles. The summed E-state index contributed by atoms with van der Waals surface area (Å²) >= 11 is 0. The zero-order valence-corrected chi connectivity index (χ0v) is 12.7. The van der Waals surface area contributed by atoms with Gasteiger partial charge in [0, 0.05) is 20.1 Å². The molecule has 2 rings (SSSR count). The minimum atomic E-state index is -0.945. The fourth-order valence-corrected chi connectivity index (χ4v) is 2.57. The molecule has 1 aromatic carbocycles. The average molecular weight is 292 g/mol. The number of hydrogen-bond acceptors (Lipinski definition) is 4. The minimum absolute atomic E-state index is 0.121. The maximum Gasteiger partial charge on any atom is 0.258 e. The number of methoxy groups -OCH3 is 1. The summed E-state index contributed by atoms with van der Waals surface area (Å²) in [6.07, 6.45) is 0. The Labute approximate surface area is 123 Å². The van der Waals surface area contributed by atoms with E-state index in [0.717, 1.165) is 0 Å². The van der Waals surface area contributed by atoms with Crippen molar-refractivity contribution >= 4 is 11.8 Å². The summed E-state index contributed by atoms with van der Waals surface area (Å²) in [5, 5.41) is 10.1. The molecule has 0 bridgehead atoms. The fraction of sp³-hybridized carbons (Fsp3) is 0.467. The van der Waals surface area contributed by atoms with Crippen molar-refractivity contribution in [2.45, 2.75) is 19.4 Å². The van der Waals surface area contributed by atoms with E-state index in [1.807, 2.05) is 0 Å². The van der Waals surface area contributed by atoms with Crippen LogP contribution in [0.1, 0.15) is 24.2 Å². The molecule has 2 amide bonds. The number of ether oxygens (including phenoxy) is 1. The first kappa shape index (κ1) is 15.2. The molecule has 0 atom stereocenters. The van der Waals surface area contributed by atoms with Crippen molar-refractivity contribution in [3.05, 3.63) is 23.8 Å². The Morgan fingerprint density at radius 2 is 2.00 bits per heavy atom. The topological polar surface area (TPSA) is 70.1 Å². The molecule has 0 spiro atoms. The number of phenols is 1. The van der Waals surface area contributed by atoms with Gasteiger partial charge >= 0.3 is 0 Å². The van der Waals surface area contributed by atoms with Gasteiger partial charge in [-0.2, -0.15) is 0 Å².